The van der Waals surface area contributed by atoms with Gasteiger partial charge in [0.15, 0.2) is 5.69 Å². The summed E-state index contributed by atoms with van der Waals surface area (Å²) in [6, 6.07) is 10.7. The molecule has 0 saturated heterocycles. The van der Waals surface area contributed by atoms with Crippen LogP contribution < -0.4 is 5.32 Å². The first-order valence-electron chi connectivity index (χ1n) is 9.47. The molecule has 1 saturated carbocycles. The number of hydrogen-bond acceptors (Lipinski definition) is 3. The number of carbonyl (C=O) groups is 1. The first-order chi connectivity index (χ1) is 12.7. The zero-order valence-electron chi connectivity index (χ0n) is 15.1. The Morgan fingerprint density at radius 1 is 1.23 bits per heavy atom. The minimum absolute atomic E-state index is 0.00173. The number of rotatable bonds is 5. The normalized spacial score (nSPS) is 16.7. The van der Waals surface area contributed by atoms with E-state index in [1.165, 1.54) is 30.2 Å². The van der Waals surface area contributed by atoms with Gasteiger partial charge >= 0.3 is 0 Å². The highest BCUT2D eigenvalue weighted by Gasteiger charge is 2.19. The molecule has 0 radical (unpaired) electrons. The van der Waals surface area contributed by atoms with Gasteiger partial charge in [0, 0.05) is 24.3 Å². The topological polar surface area (TPSA) is 64.7 Å². The highest BCUT2D eigenvalue weighted by Crippen LogP contribution is 2.27. The van der Waals surface area contributed by atoms with Crippen molar-refractivity contribution in [3.05, 3.63) is 48.4 Å². The van der Waals surface area contributed by atoms with Gasteiger partial charge in [-0.05, 0) is 37.3 Å². The number of para-hydroxylation sites is 1. The molecule has 4 rings (SSSR count). The summed E-state index contributed by atoms with van der Waals surface area (Å²) < 4.78 is 4.04. The zero-order chi connectivity index (χ0) is 17.9. The summed E-state index contributed by atoms with van der Waals surface area (Å²) in [5.74, 6) is -0.156. The van der Waals surface area contributed by atoms with Gasteiger partial charge in [0.1, 0.15) is 0 Å². The molecule has 6 heteroatoms. The van der Waals surface area contributed by atoms with Crippen molar-refractivity contribution in [2.45, 2.75) is 57.7 Å². The lowest BCUT2D eigenvalue weighted by molar-refractivity contribution is 0.0932. The van der Waals surface area contributed by atoms with Crippen molar-refractivity contribution in [1.82, 2.24) is 24.9 Å². The molecule has 0 spiro atoms. The van der Waals surface area contributed by atoms with Crippen LogP contribution in [-0.2, 0) is 6.54 Å². The van der Waals surface area contributed by atoms with Crippen molar-refractivity contribution in [3.8, 4) is 0 Å². The van der Waals surface area contributed by atoms with Crippen LogP contribution in [0.1, 0.15) is 55.6 Å². The first-order valence-corrected chi connectivity index (χ1v) is 9.47. The number of nitrogens with one attached hydrogen (secondary N) is 1. The lowest BCUT2D eigenvalue weighted by atomic mass is 9.96. The van der Waals surface area contributed by atoms with Crippen LogP contribution in [0.4, 0.5) is 0 Å². The summed E-state index contributed by atoms with van der Waals surface area (Å²) in [6.07, 6.45) is 9.87. The molecule has 1 amide bonds. The summed E-state index contributed by atoms with van der Waals surface area (Å²) in [5, 5.41) is 12.5. The number of aromatic nitrogens is 4. The quantitative estimate of drug-likeness (QED) is 0.764. The molecule has 1 aromatic carbocycles. The lowest BCUT2D eigenvalue weighted by Crippen LogP contribution is -2.35. The van der Waals surface area contributed by atoms with Crippen molar-refractivity contribution in [2.75, 3.05) is 0 Å². The number of benzene rings is 1. The predicted octanol–water partition coefficient (Wildman–Crippen LogP) is 3.56. The van der Waals surface area contributed by atoms with Crippen LogP contribution in [0.5, 0.6) is 0 Å². The van der Waals surface area contributed by atoms with Crippen molar-refractivity contribution in [3.63, 3.8) is 0 Å². The fraction of sp³-hybridized carbons (Fsp3) is 0.450. The molecule has 26 heavy (non-hydrogen) atoms. The van der Waals surface area contributed by atoms with E-state index in [2.05, 4.69) is 44.6 Å². The van der Waals surface area contributed by atoms with Gasteiger partial charge in [-0.2, -0.15) is 0 Å². The molecular weight excluding hydrogens is 326 g/mol. The van der Waals surface area contributed by atoms with E-state index >= 15 is 0 Å². The standard InChI is InChI=1S/C20H25N5O/c1-15(13-24-12-11-16-7-5-6-10-19(16)24)21-20(26)18-14-25(23-22-18)17-8-3-2-4-9-17/h5-7,10-12,14-15,17H,2-4,8-9,13H2,1H3,(H,21,26). The van der Waals surface area contributed by atoms with Crippen LogP contribution in [0.25, 0.3) is 10.9 Å². The molecule has 1 atom stereocenters. The van der Waals surface area contributed by atoms with Crippen LogP contribution >= 0.6 is 0 Å². The molecule has 3 aromatic rings. The Kier molecular flexibility index (Phi) is 4.73. The second-order valence-electron chi connectivity index (χ2n) is 7.28. The summed E-state index contributed by atoms with van der Waals surface area (Å²) in [7, 11) is 0. The Morgan fingerprint density at radius 2 is 2.04 bits per heavy atom. The summed E-state index contributed by atoms with van der Waals surface area (Å²) >= 11 is 0. The summed E-state index contributed by atoms with van der Waals surface area (Å²) in [5.41, 5.74) is 1.58. The Labute approximate surface area is 153 Å². The van der Waals surface area contributed by atoms with Crippen molar-refractivity contribution in [2.24, 2.45) is 0 Å². The van der Waals surface area contributed by atoms with Gasteiger partial charge in [0.25, 0.3) is 5.91 Å². The Bertz CT molecular complexity index is 890. The van der Waals surface area contributed by atoms with Crippen LogP contribution in [0.15, 0.2) is 42.7 Å². The van der Waals surface area contributed by atoms with E-state index in [0.717, 1.165) is 19.4 Å². The fourth-order valence-electron chi connectivity index (χ4n) is 3.84. The van der Waals surface area contributed by atoms with Gasteiger partial charge in [0.2, 0.25) is 0 Å². The molecule has 1 N–H and O–H groups in total. The van der Waals surface area contributed by atoms with Gasteiger partial charge in [0.05, 0.1) is 12.2 Å². The molecule has 0 bridgehead atoms. The van der Waals surface area contributed by atoms with Crippen LogP contribution in [0, 0.1) is 0 Å². The molecule has 1 fully saturated rings. The Morgan fingerprint density at radius 3 is 2.88 bits per heavy atom. The zero-order valence-corrected chi connectivity index (χ0v) is 15.1. The number of fused-ring (bicyclic) bond motifs is 1. The fourth-order valence-corrected chi connectivity index (χ4v) is 3.84. The third-order valence-corrected chi connectivity index (χ3v) is 5.22. The molecule has 1 aliphatic rings. The minimum Gasteiger partial charge on any atom is -0.346 e. The van der Waals surface area contributed by atoms with E-state index in [1.54, 1.807) is 6.20 Å². The Hall–Kier alpha value is -2.63. The second kappa shape index (κ2) is 7.32. The molecule has 6 nitrogen and oxygen atoms in total. The first kappa shape index (κ1) is 16.8. The maximum absolute atomic E-state index is 12.5. The average molecular weight is 351 g/mol. The number of nitrogens with zero attached hydrogens (tertiary/aromatic N) is 4. The highest BCUT2D eigenvalue weighted by atomic mass is 16.2. The van der Waals surface area contributed by atoms with E-state index < -0.39 is 0 Å². The largest absolute Gasteiger partial charge is 0.346 e. The van der Waals surface area contributed by atoms with Crippen molar-refractivity contribution < 1.29 is 4.79 Å². The SMILES string of the molecule is CC(Cn1ccc2ccccc21)NC(=O)c1cn(C2CCCCC2)nn1. The van der Waals surface area contributed by atoms with E-state index in [0.29, 0.717) is 11.7 Å². The van der Waals surface area contributed by atoms with Gasteiger partial charge in [-0.3, -0.25) is 4.79 Å². The minimum atomic E-state index is -0.156. The second-order valence-corrected chi connectivity index (χ2v) is 7.28. The number of hydrogen-bond donors (Lipinski definition) is 1. The molecule has 0 aliphatic heterocycles. The summed E-state index contributed by atoms with van der Waals surface area (Å²) in [4.78, 5) is 12.5. The van der Waals surface area contributed by atoms with Crippen molar-refractivity contribution >= 4 is 16.8 Å². The van der Waals surface area contributed by atoms with Crippen LogP contribution in [0.3, 0.4) is 0 Å². The van der Waals surface area contributed by atoms with E-state index in [9.17, 15) is 4.79 Å². The smallest absolute Gasteiger partial charge is 0.273 e. The number of amides is 1. The van der Waals surface area contributed by atoms with Gasteiger partial charge in [-0.25, -0.2) is 4.68 Å². The van der Waals surface area contributed by atoms with Crippen LogP contribution in [-0.4, -0.2) is 31.5 Å². The maximum atomic E-state index is 12.5. The van der Waals surface area contributed by atoms with Crippen LogP contribution in [0.2, 0.25) is 0 Å². The van der Waals surface area contributed by atoms with Gasteiger partial charge < -0.3 is 9.88 Å². The molecule has 2 heterocycles. The molecule has 1 aliphatic carbocycles. The Balaban J connectivity index is 1.39. The molecule has 136 valence electrons. The third kappa shape index (κ3) is 3.49. The maximum Gasteiger partial charge on any atom is 0.273 e. The van der Waals surface area contributed by atoms with Gasteiger partial charge in [-0.15, -0.1) is 5.10 Å². The predicted molar refractivity (Wildman–Crippen MR) is 101 cm³/mol. The van der Waals surface area contributed by atoms with Gasteiger partial charge in [-0.1, -0.05) is 42.7 Å². The molecule has 2 aromatic heterocycles. The van der Waals surface area contributed by atoms with E-state index in [1.807, 2.05) is 23.7 Å². The van der Waals surface area contributed by atoms with Crippen molar-refractivity contribution in [1.29, 1.82) is 0 Å². The number of carbonyl (C=O) groups excluding carboxylic acids is 1. The molecule has 1 unspecified atom stereocenters. The van der Waals surface area contributed by atoms with E-state index in [4.69, 9.17) is 0 Å². The van der Waals surface area contributed by atoms with E-state index in [-0.39, 0.29) is 11.9 Å². The average Bonchev–Trinajstić information content (AvgIpc) is 3.30. The summed E-state index contributed by atoms with van der Waals surface area (Å²) in [6.45, 7) is 2.73. The molecular formula is C20H25N5O. The third-order valence-electron chi connectivity index (χ3n) is 5.22. The lowest BCUT2D eigenvalue weighted by Gasteiger charge is -2.20. The monoisotopic (exact) mass is 351 g/mol. The highest BCUT2D eigenvalue weighted by molar-refractivity contribution is 5.92.